The first kappa shape index (κ1) is 23.4. The second-order valence-electron chi connectivity index (χ2n) is 7.70. The lowest BCUT2D eigenvalue weighted by atomic mass is 9.95. The number of nitrogens with one attached hydrogen (secondary N) is 1. The number of morpholine rings is 1. The fourth-order valence-electron chi connectivity index (χ4n) is 4.53. The summed E-state index contributed by atoms with van der Waals surface area (Å²) >= 11 is 0. The smallest absolute Gasteiger partial charge is 0.257 e. The van der Waals surface area contributed by atoms with E-state index in [0.717, 1.165) is 56.6 Å². The van der Waals surface area contributed by atoms with Gasteiger partial charge in [-0.3, -0.25) is 9.69 Å². The van der Waals surface area contributed by atoms with E-state index in [2.05, 4.69) is 17.1 Å². The number of carbonyl (C=O) groups excluding carboxylic acids is 1. The van der Waals surface area contributed by atoms with E-state index in [4.69, 9.17) is 4.74 Å². The predicted molar refractivity (Wildman–Crippen MR) is 113 cm³/mol. The Balaban J connectivity index is 0.00000140. The number of halogens is 3. The summed E-state index contributed by atoms with van der Waals surface area (Å²) in [5.41, 5.74) is 1.76. The highest BCUT2D eigenvalue weighted by atomic mass is 35.5. The standard InChI is InChI=1S/C20H28FN3O2.2ClH/c1-14-2-3-15-12-16(21)4-5-18(15)24(14)20(25)19-13-23(10-11-26-19)17-6-8-22-9-7-17;;/h4-5,12,14,17,19,22H,2-3,6-11,13H2,1H3;2*1H. The van der Waals surface area contributed by atoms with Crippen LogP contribution in [0.2, 0.25) is 0 Å². The van der Waals surface area contributed by atoms with Crippen LogP contribution in [0.4, 0.5) is 10.1 Å². The van der Waals surface area contributed by atoms with Crippen LogP contribution in [0, 0.1) is 5.82 Å². The molecule has 8 heteroatoms. The highest BCUT2D eigenvalue weighted by Crippen LogP contribution is 2.32. The van der Waals surface area contributed by atoms with Gasteiger partial charge in [0.15, 0.2) is 0 Å². The Morgan fingerprint density at radius 1 is 1.21 bits per heavy atom. The molecule has 0 aromatic heterocycles. The summed E-state index contributed by atoms with van der Waals surface area (Å²) in [6.07, 6.45) is 3.49. The molecular formula is C20H30Cl2FN3O2. The van der Waals surface area contributed by atoms with Gasteiger partial charge in [-0.05, 0) is 69.5 Å². The summed E-state index contributed by atoms with van der Waals surface area (Å²) in [5.74, 6) is -0.222. The Morgan fingerprint density at radius 3 is 2.71 bits per heavy atom. The van der Waals surface area contributed by atoms with Crippen molar-refractivity contribution in [3.63, 3.8) is 0 Å². The van der Waals surface area contributed by atoms with E-state index in [0.29, 0.717) is 19.2 Å². The number of fused-ring (bicyclic) bond motifs is 1. The molecule has 158 valence electrons. The third kappa shape index (κ3) is 4.79. The maximum atomic E-state index is 13.6. The van der Waals surface area contributed by atoms with Crippen molar-refractivity contribution in [2.24, 2.45) is 0 Å². The average molecular weight is 434 g/mol. The van der Waals surface area contributed by atoms with Crippen LogP contribution in [0.15, 0.2) is 18.2 Å². The first-order valence-corrected chi connectivity index (χ1v) is 9.81. The Hall–Kier alpha value is -0.920. The number of amides is 1. The van der Waals surface area contributed by atoms with Crippen molar-refractivity contribution >= 4 is 36.4 Å². The maximum Gasteiger partial charge on any atom is 0.257 e. The molecule has 0 bridgehead atoms. The molecule has 3 aliphatic heterocycles. The summed E-state index contributed by atoms with van der Waals surface area (Å²) in [6.45, 7) is 6.30. The molecule has 4 rings (SSSR count). The number of nitrogens with zero attached hydrogens (tertiary/aromatic N) is 2. The van der Waals surface area contributed by atoms with Crippen molar-refractivity contribution in [1.82, 2.24) is 10.2 Å². The number of rotatable bonds is 2. The Morgan fingerprint density at radius 2 is 1.96 bits per heavy atom. The number of aryl methyl sites for hydroxylation is 1. The molecule has 1 aromatic carbocycles. The number of ether oxygens (including phenoxy) is 1. The molecule has 2 atom stereocenters. The Bertz CT molecular complexity index is 673. The number of hydrogen-bond acceptors (Lipinski definition) is 4. The molecule has 0 aliphatic carbocycles. The summed E-state index contributed by atoms with van der Waals surface area (Å²) in [6, 6.07) is 5.39. The SMILES string of the molecule is CC1CCc2cc(F)ccc2N1C(=O)C1CN(C2CCNCC2)CCO1.Cl.Cl. The topological polar surface area (TPSA) is 44.8 Å². The van der Waals surface area contributed by atoms with Gasteiger partial charge in [-0.25, -0.2) is 4.39 Å². The highest BCUT2D eigenvalue weighted by Gasteiger charge is 2.37. The molecule has 3 heterocycles. The minimum absolute atomic E-state index is 0. The molecule has 1 N–H and O–H groups in total. The van der Waals surface area contributed by atoms with E-state index >= 15 is 0 Å². The summed E-state index contributed by atoms with van der Waals surface area (Å²) in [5, 5.41) is 3.40. The van der Waals surface area contributed by atoms with Crippen molar-refractivity contribution in [3.05, 3.63) is 29.6 Å². The number of piperidine rings is 1. The van der Waals surface area contributed by atoms with Gasteiger partial charge in [-0.1, -0.05) is 0 Å². The average Bonchev–Trinajstić information content (AvgIpc) is 2.68. The Labute approximate surface area is 178 Å². The molecule has 0 saturated carbocycles. The Kier molecular flexibility index (Phi) is 8.52. The molecule has 28 heavy (non-hydrogen) atoms. The fraction of sp³-hybridized carbons (Fsp3) is 0.650. The van der Waals surface area contributed by atoms with E-state index in [1.54, 1.807) is 12.1 Å². The van der Waals surface area contributed by atoms with Crippen LogP contribution in [0.25, 0.3) is 0 Å². The lowest BCUT2D eigenvalue weighted by Crippen LogP contribution is -2.57. The van der Waals surface area contributed by atoms with Crippen molar-refractivity contribution in [1.29, 1.82) is 0 Å². The van der Waals surface area contributed by atoms with Gasteiger partial charge in [0.25, 0.3) is 5.91 Å². The van der Waals surface area contributed by atoms with Gasteiger partial charge in [0, 0.05) is 30.9 Å². The van der Waals surface area contributed by atoms with Gasteiger partial charge in [-0.2, -0.15) is 0 Å². The van der Waals surface area contributed by atoms with E-state index in [1.807, 2.05) is 4.90 Å². The van der Waals surface area contributed by atoms with E-state index in [1.165, 1.54) is 6.07 Å². The zero-order valence-corrected chi connectivity index (χ0v) is 17.9. The van der Waals surface area contributed by atoms with Gasteiger partial charge in [0.05, 0.1) is 6.61 Å². The molecule has 2 fully saturated rings. The van der Waals surface area contributed by atoms with Crippen molar-refractivity contribution in [2.45, 2.75) is 50.8 Å². The first-order chi connectivity index (χ1) is 12.6. The highest BCUT2D eigenvalue weighted by molar-refractivity contribution is 5.98. The summed E-state index contributed by atoms with van der Waals surface area (Å²) in [4.78, 5) is 17.6. The third-order valence-electron chi connectivity index (χ3n) is 6.01. The molecule has 1 amide bonds. The third-order valence-corrected chi connectivity index (χ3v) is 6.01. The zero-order chi connectivity index (χ0) is 18.1. The normalized spacial score (nSPS) is 26.0. The first-order valence-electron chi connectivity index (χ1n) is 9.81. The van der Waals surface area contributed by atoms with Crippen LogP contribution < -0.4 is 10.2 Å². The minimum Gasteiger partial charge on any atom is -0.366 e. The molecule has 0 radical (unpaired) electrons. The van der Waals surface area contributed by atoms with Crippen LogP contribution >= 0.6 is 24.8 Å². The second-order valence-corrected chi connectivity index (χ2v) is 7.70. The van der Waals surface area contributed by atoms with Gasteiger partial charge in [0.2, 0.25) is 0 Å². The lowest BCUT2D eigenvalue weighted by molar-refractivity contribution is -0.137. The molecule has 2 unspecified atom stereocenters. The number of benzene rings is 1. The van der Waals surface area contributed by atoms with Crippen LogP contribution in [0.3, 0.4) is 0 Å². The summed E-state index contributed by atoms with van der Waals surface area (Å²) in [7, 11) is 0. The minimum atomic E-state index is -0.433. The van der Waals surface area contributed by atoms with E-state index in [9.17, 15) is 9.18 Å². The molecule has 0 spiro atoms. The molecule has 2 saturated heterocycles. The predicted octanol–water partition coefficient (Wildman–Crippen LogP) is 2.79. The van der Waals surface area contributed by atoms with E-state index < -0.39 is 6.10 Å². The second kappa shape index (κ2) is 10.2. The number of carbonyl (C=O) groups is 1. The number of hydrogen-bond donors (Lipinski definition) is 1. The van der Waals surface area contributed by atoms with Gasteiger partial charge in [0.1, 0.15) is 11.9 Å². The molecule has 5 nitrogen and oxygen atoms in total. The van der Waals surface area contributed by atoms with Crippen molar-refractivity contribution in [3.8, 4) is 0 Å². The van der Waals surface area contributed by atoms with Gasteiger partial charge >= 0.3 is 0 Å². The maximum absolute atomic E-state index is 13.6. The van der Waals surface area contributed by atoms with Crippen LogP contribution in [-0.4, -0.2) is 61.8 Å². The monoisotopic (exact) mass is 433 g/mol. The van der Waals surface area contributed by atoms with E-state index in [-0.39, 0.29) is 42.6 Å². The van der Waals surface area contributed by atoms with Gasteiger partial charge < -0.3 is 15.0 Å². The zero-order valence-electron chi connectivity index (χ0n) is 16.2. The summed E-state index contributed by atoms with van der Waals surface area (Å²) < 4.78 is 19.5. The lowest BCUT2D eigenvalue weighted by Gasteiger charge is -2.42. The largest absolute Gasteiger partial charge is 0.366 e. The van der Waals surface area contributed by atoms with Crippen LogP contribution in [0.1, 0.15) is 31.7 Å². The fourth-order valence-corrected chi connectivity index (χ4v) is 4.53. The van der Waals surface area contributed by atoms with Gasteiger partial charge in [-0.15, -0.1) is 24.8 Å². The molecular weight excluding hydrogens is 404 g/mol. The van der Waals surface area contributed by atoms with Crippen LogP contribution in [0.5, 0.6) is 0 Å². The van der Waals surface area contributed by atoms with Crippen molar-refractivity contribution < 1.29 is 13.9 Å². The molecule has 3 aliphatic rings. The number of anilines is 1. The quantitative estimate of drug-likeness (QED) is 0.778. The molecule has 1 aromatic rings. The van der Waals surface area contributed by atoms with Crippen molar-refractivity contribution in [2.75, 3.05) is 37.7 Å². The van der Waals surface area contributed by atoms with Crippen LogP contribution in [-0.2, 0) is 16.0 Å².